The van der Waals surface area contributed by atoms with Gasteiger partial charge in [-0.15, -0.1) is 0 Å². The number of benzene rings is 2. The van der Waals surface area contributed by atoms with Gasteiger partial charge in [-0.1, -0.05) is 43.2 Å². The second-order valence-corrected chi connectivity index (χ2v) is 9.28. The number of nitrogens with one attached hydrogen (secondary N) is 2. The minimum Gasteiger partial charge on any atom is -0.481 e. The Balaban J connectivity index is 1.37. The molecule has 1 aromatic heterocycles. The van der Waals surface area contributed by atoms with Crippen LogP contribution in [-0.2, 0) is 22.4 Å². The van der Waals surface area contributed by atoms with Gasteiger partial charge in [-0.05, 0) is 49.1 Å². The summed E-state index contributed by atoms with van der Waals surface area (Å²) in [5.41, 5.74) is 3.19. The summed E-state index contributed by atoms with van der Waals surface area (Å²) in [5, 5.41) is 14.6. The van der Waals surface area contributed by atoms with Crippen molar-refractivity contribution in [3.8, 4) is 0 Å². The Morgan fingerprint density at radius 3 is 2.59 bits per heavy atom. The topological polar surface area (TPSA) is 125 Å². The number of aromatic nitrogens is 1. The van der Waals surface area contributed by atoms with Crippen LogP contribution in [-0.4, -0.2) is 39.4 Å². The van der Waals surface area contributed by atoms with Gasteiger partial charge in [0.05, 0.1) is 19.0 Å². The van der Waals surface area contributed by atoms with Crippen LogP contribution in [0.2, 0.25) is 0 Å². The summed E-state index contributed by atoms with van der Waals surface area (Å²) in [6.07, 6.45) is 5.68. The van der Waals surface area contributed by atoms with Crippen molar-refractivity contribution in [2.45, 2.75) is 57.9 Å². The number of oxazole rings is 1. The van der Waals surface area contributed by atoms with Gasteiger partial charge in [-0.25, -0.2) is 9.78 Å². The fourth-order valence-electron chi connectivity index (χ4n) is 4.47. The molecule has 1 unspecified atom stereocenters. The summed E-state index contributed by atoms with van der Waals surface area (Å²) in [6, 6.07) is 14.2. The van der Waals surface area contributed by atoms with Crippen molar-refractivity contribution in [1.82, 2.24) is 9.88 Å². The maximum Gasteiger partial charge on any atom is 0.323 e. The van der Waals surface area contributed by atoms with Crippen LogP contribution >= 0.6 is 0 Å². The number of carboxylic acid groups (broad SMARTS) is 1. The summed E-state index contributed by atoms with van der Waals surface area (Å²) in [4.78, 5) is 42.8. The first-order valence-corrected chi connectivity index (χ1v) is 12.6. The zero-order chi connectivity index (χ0) is 26.2. The van der Waals surface area contributed by atoms with Gasteiger partial charge in [-0.2, -0.15) is 0 Å². The molecule has 1 fully saturated rings. The Kier molecular flexibility index (Phi) is 8.56. The Labute approximate surface area is 215 Å². The number of hydrogen-bond acceptors (Lipinski definition) is 5. The predicted octanol–water partition coefficient (Wildman–Crippen LogP) is 5.33. The molecular weight excluding hydrogens is 472 g/mol. The third-order valence-corrected chi connectivity index (χ3v) is 6.48. The summed E-state index contributed by atoms with van der Waals surface area (Å²) in [7, 11) is 0. The van der Waals surface area contributed by atoms with Crippen LogP contribution < -0.4 is 10.6 Å². The van der Waals surface area contributed by atoms with Gasteiger partial charge in [0.25, 0.3) is 0 Å². The fourth-order valence-corrected chi connectivity index (χ4v) is 4.47. The lowest BCUT2D eigenvalue weighted by Gasteiger charge is -2.28. The van der Waals surface area contributed by atoms with Crippen LogP contribution in [0, 0.1) is 6.92 Å². The number of hydrogen-bond donors (Lipinski definition) is 3. The van der Waals surface area contributed by atoms with Crippen LogP contribution in [0.5, 0.6) is 0 Å². The minimum absolute atomic E-state index is 0.0183. The summed E-state index contributed by atoms with van der Waals surface area (Å²) >= 11 is 0. The monoisotopic (exact) mass is 504 g/mol. The number of anilines is 2. The molecule has 1 atom stereocenters. The van der Waals surface area contributed by atoms with Crippen molar-refractivity contribution in [3.63, 3.8) is 0 Å². The number of para-hydroxylation sites is 1. The molecule has 3 N–H and O–H groups in total. The highest BCUT2D eigenvalue weighted by Crippen LogP contribution is 2.31. The van der Waals surface area contributed by atoms with Gasteiger partial charge in [0.2, 0.25) is 11.8 Å². The fraction of sp³-hybridized carbons (Fsp3) is 0.357. The van der Waals surface area contributed by atoms with Gasteiger partial charge in [0.15, 0.2) is 0 Å². The van der Waals surface area contributed by atoms with E-state index in [-0.39, 0.29) is 37.2 Å². The highest BCUT2D eigenvalue weighted by Gasteiger charge is 2.30. The molecule has 37 heavy (non-hydrogen) atoms. The van der Waals surface area contributed by atoms with E-state index in [1.54, 1.807) is 18.3 Å². The number of amides is 3. The number of carbonyl (C=O) groups is 3. The smallest absolute Gasteiger partial charge is 0.323 e. The molecule has 1 saturated heterocycles. The molecule has 0 radical (unpaired) electrons. The normalized spacial score (nSPS) is 15.6. The molecule has 9 heteroatoms. The van der Waals surface area contributed by atoms with Crippen molar-refractivity contribution >= 4 is 29.3 Å². The SMILES string of the molecule is Cc1ccccc1NC(=O)Nc1ccc(CC(=O)N2CCCCCC2c2ncc(CCC(=O)O)o2)cc1. The van der Waals surface area contributed by atoms with Crippen molar-refractivity contribution in [2.75, 3.05) is 17.2 Å². The van der Waals surface area contributed by atoms with Crippen LogP contribution in [0.15, 0.2) is 59.1 Å². The first-order chi connectivity index (χ1) is 17.9. The molecule has 2 aromatic carbocycles. The molecule has 0 saturated carbocycles. The number of rotatable bonds is 8. The van der Waals surface area contributed by atoms with Crippen LogP contribution in [0.3, 0.4) is 0 Å². The minimum atomic E-state index is -0.891. The number of aryl methyl sites for hydroxylation is 2. The van der Waals surface area contributed by atoms with Crippen molar-refractivity contribution < 1.29 is 23.9 Å². The second kappa shape index (κ2) is 12.2. The summed E-state index contributed by atoms with van der Waals surface area (Å²) < 4.78 is 5.85. The van der Waals surface area contributed by atoms with Gasteiger partial charge in [0, 0.05) is 24.3 Å². The Morgan fingerprint density at radius 2 is 1.84 bits per heavy atom. The number of nitrogens with zero attached hydrogens (tertiary/aromatic N) is 2. The lowest BCUT2D eigenvalue weighted by Crippen LogP contribution is -2.36. The zero-order valence-electron chi connectivity index (χ0n) is 20.9. The van der Waals surface area contributed by atoms with Gasteiger partial charge in [-0.3, -0.25) is 9.59 Å². The highest BCUT2D eigenvalue weighted by atomic mass is 16.4. The van der Waals surface area contributed by atoms with Crippen LogP contribution in [0.4, 0.5) is 16.2 Å². The van der Waals surface area contributed by atoms with Crippen molar-refractivity contribution in [3.05, 3.63) is 77.5 Å². The molecule has 1 aliphatic heterocycles. The van der Waals surface area contributed by atoms with E-state index in [2.05, 4.69) is 15.6 Å². The molecule has 0 aliphatic carbocycles. The second-order valence-electron chi connectivity index (χ2n) is 9.28. The predicted molar refractivity (Wildman–Crippen MR) is 139 cm³/mol. The number of urea groups is 1. The third-order valence-electron chi connectivity index (χ3n) is 6.48. The maximum atomic E-state index is 13.3. The average molecular weight is 505 g/mol. The Hall–Kier alpha value is -4.14. The third kappa shape index (κ3) is 7.19. The quantitative estimate of drug-likeness (QED) is 0.381. The van der Waals surface area contributed by atoms with Gasteiger partial charge >= 0.3 is 12.0 Å². The van der Waals surface area contributed by atoms with Crippen LogP contribution in [0.1, 0.15) is 60.9 Å². The Morgan fingerprint density at radius 1 is 1.05 bits per heavy atom. The first-order valence-electron chi connectivity index (χ1n) is 12.6. The largest absolute Gasteiger partial charge is 0.481 e. The molecule has 194 valence electrons. The van der Waals surface area contributed by atoms with E-state index >= 15 is 0 Å². The molecule has 9 nitrogen and oxygen atoms in total. The molecule has 0 bridgehead atoms. The Bertz CT molecular complexity index is 1240. The van der Waals surface area contributed by atoms with E-state index in [9.17, 15) is 14.4 Å². The number of carboxylic acids is 1. The number of aliphatic carboxylic acids is 1. The number of likely N-dealkylation sites (tertiary alicyclic amines) is 1. The van der Waals surface area contributed by atoms with Gasteiger partial charge < -0.3 is 25.1 Å². The molecular formula is C28H32N4O5. The van der Waals surface area contributed by atoms with Crippen molar-refractivity contribution in [1.29, 1.82) is 0 Å². The standard InChI is InChI=1S/C28H32N4O5/c1-19-7-4-5-8-23(19)31-28(36)30-21-12-10-20(11-13-21)17-25(33)32-16-6-2-3-9-24(32)27-29-18-22(37-27)14-15-26(34)35/h4-5,7-8,10-13,18,24H,2-3,6,9,14-17H2,1H3,(H,34,35)(H2,30,31,36). The molecule has 3 amide bonds. The molecule has 1 aliphatic rings. The van der Waals surface area contributed by atoms with E-state index < -0.39 is 5.97 Å². The first kappa shape index (κ1) is 25.9. The lowest BCUT2D eigenvalue weighted by molar-refractivity contribution is -0.137. The average Bonchev–Trinajstić information content (AvgIpc) is 3.21. The number of carbonyl (C=O) groups excluding carboxylic acids is 2. The molecule has 2 heterocycles. The maximum absolute atomic E-state index is 13.3. The summed E-state index contributed by atoms with van der Waals surface area (Å²) in [6.45, 7) is 2.55. The van der Waals surface area contributed by atoms with Gasteiger partial charge in [0.1, 0.15) is 11.8 Å². The molecule has 3 aromatic rings. The lowest BCUT2D eigenvalue weighted by atomic mass is 10.1. The van der Waals surface area contributed by atoms with E-state index in [0.717, 1.165) is 42.5 Å². The zero-order valence-corrected chi connectivity index (χ0v) is 20.9. The highest BCUT2D eigenvalue weighted by molar-refractivity contribution is 6.00. The van der Waals surface area contributed by atoms with E-state index in [4.69, 9.17) is 9.52 Å². The van der Waals surface area contributed by atoms with E-state index in [1.165, 1.54) is 0 Å². The molecule has 4 rings (SSSR count). The summed E-state index contributed by atoms with van der Waals surface area (Å²) in [5.74, 6) is 0.0750. The molecule has 0 spiro atoms. The van der Waals surface area contributed by atoms with E-state index in [1.807, 2.05) is 48.2 Å². The van der Waals surface area contributed by atoms with E-state index in [0.29, 0.717) is 23.9 Å². The van der Waals surface area contributed by atoms with Crippen molar-refractivity contribution in [2.24, 2.45) is 0 Å². The van der Waals surface area contributed by atoms with Crippen LogP contribution in [0.25, 0.3) is 0 Å².